The van der Waals surface area contributed by atoms with E-state index in [4.69, 9.17) is 21.7 Å². The Labute approximate surface area is 246 Å². The van der Waals surface area contributed by atoms with Crippen LogP contribution in [0.1, 0.15) is 24.2 Å². The quantitative estimate of drug-likeness (QED) is 0.102. The number of benzene rings is 3. The molecule has 40 heavy (non-hydrogen) atoms. The lowest BCUT2D eigenvalue weighted by molar-refractivity contribution is -0.115. The summed E-state index contributed by atoms with van der Waals surface area (Å²) in [5, 5.41) is 11.6. The highest BCUT2D eigenvalue weighted by Gasteiger charge is 2.17. The monoisotopic (exact) mass is 592 g/mol. The Morgan fingerprint density at radius 2 is 1.65 bits per heavy atom. The number of ether oxygens (including phenoxy) is 2. The number of nitrogens with zero attached hydrogens (tertiary/aromatic N) is 1. The van der Waals surface area contributed by atoms with E-state index >= 15 is 0 Å². The zero-order chi connectivity index (χ0) is 28.6. The van der Waals surface area contributed by atoms with Crippen molar-refractivity contribution in [3.8, 4) is 22.8 Å². The van der Waals surface area contributed by atoms with Crippen molar-refractivity contribution in [2.24, 2.45) is 0 Å². The summed E-state index contributed by atoms with van der Waals surface area (Å²) in [6.45, 7) is 3.38. The Morgan fingerprint density at radius 3 is 2.35 bits per heavy atom. The molecule has 0 fully saturated rings. The van der Waals surface area contributed by atoms with Crippen LogP contribution in [0.4, 0.5) is 16.5 Å². The van der Waals surface area contributed by atoms with Crippen LogP contribution < -0.4 is 25.4 Å². The fourth-order valence-electron chi connectivity index (χ4n) is 3.65. The lowest BCUT2D eigenvalue weighted by Crippen LogP contribution is -2.22. The van der Waals surface area contributed by atoms with Crippen molar-refractivity contribution in [2.45, 2.75) is 24.0 Å². The maximum atomic E-state index is 12.9. The lowest BCUT2D eigenvalue weighted by atomic mass is 10.1. The van der Waals surface area contributed by atoms with Gasteiger partial charge in [0, 0.05) is 32.8 Å². The predicted octanol–water partition coefficient (Wildman–Crippen LogP) is 6.96. The molecule has 0 radical (unpaired) electrons. The fourth-order valence-corrected chi connectivity index (χ4v) is 5.54. The number of ketones is 1. The SMILES string of the molecule is COc1ccc(-c2csc(NC(=O)C(C)Sc3cccc(NC(=S)Nc4ccc(C(C)=O)cc4)c3)n2)cc1OC. The van der Waals surface area contributed by atoms with Crippen LogP contribution in [0, 0.1) is 0 Å². The highest BCUT2D eigenvalue weighted by Crippen LogP contribution is 2.34. The smallest absolute Gasteiger partial charge is 0.239 e. The van der Waals surface area contributed by atoms with Crippen molar-refractivity contribution < 1.29 is 19.1 Å². The molecular formula is C29H28N4O4S3. The molecule has 1 heterocycles. The second-order valence-corrected chi connectivity index (χ2v) is 11.3. The number of rotatable bonds is 10. The first-order valence-electron chi connectivity index (χ1n) is 12.2. The van der Waals surface area contributed by atoms with Crippen LogP contribution >= 0.6 is 35.3 Å². The van der Waals surface area contributed by atoms with Gasteiger partial charge < -0.3 is 25.4 Å². The molecule has 0 aliphatic rings. The number of thiocarbonyl (C=S) groups is 1. The average Bonchev–Trinajstić information content (AvgIpc) is 3.41. The van der Waals surface area contributed by atoms with Crippen LogP contribution in [-0.2, 0) is 4.79 Å². The first-order valence-corrected chi connectivity index (χ1v) is 14.4. The van der Waals surface area contributed by atoms with E-state index in [9.17, 15) is 9.59 Å². The third kappa shape index (κ3) is 7.59. The van der Waals surface area contributed by atoms with E-state index in [-0.39, 0.29) is 16.9 Å². The number of thioether (sulfide) groups is 1. The minimum Gasteiger partial charge on any atom is -0.493 e. The summed E-state index contributed by atoms with van der Waals surface area (Å²) in [5.41, 5.74) is 3.80. The molecule has 0 bridgehead atoms. The summed E-state index contributed by atoms with van der Waals surface area (Å²) in [6.07, 6.45) is 0. The van der Waals surface area contributed by atoms with Gasteiger partial charge in [0.1, 0.15) is 0 Å². The van der Waals surface area contributed by atoms with E-state index in [1.54, 1.807) is 38.5 Å². The van der Waals surface area contributed by atoms with Crippen LogP contribution in [-0.4, -0.2) is 41.3 Å². The maximum absolute atomic E-state index is 12.9. The Balaban J connectivity index is 1.33. The number of carbonyl (C=O) groups is 2. The van der Waals surface area contributed by atoms with Gasteiger partial charge in [-0.1, -0.05) is 6.07 Å². The highest BCUT2D eigenvalue weighted by molar-refractivity contribution is 8.00. The molecule has 4 aromatic rings. The number of hydrogen-bond acceptors (Lipinski definition) is 8. The van der Waals surface area contributed by atoms with Crippen LogP contribution in [0.25, 0.3) is 11.3 Å². The Hall–Kier alpha value is -3.93. The van der Waals surface area contributed by atoms with Gasteiger partial charge in [0.05, 0.1) is 25.2 Å². The highest BCUT2D eigenvalue weighted by atomic mass is 32.2. The molecule has 3 N–H and O–H groups in total. The Kier molecular flexibility index (Phi) is 9.75. The average molecular weight is 593 g/mol. The third-order valence-electron chi connectivity index (χ3n) is 5.74. The number of Topliss-reactive ketones (excluding diaryl/α,β-unsaturated/α-hetero) is 1. The van der Waals surface area contributed by atoms with Crippen molar-refractivity contribution in [1.29, 1.82) is 0 Å². The second-order valence-electron chi connectivity index (χ2n) is 8.60. The van der Waals surface area contributed by atoms with Gasteiger partial charge in [-0.3, -0.25) is 9.59 Å². The molecule has 1 amide bonds. The molecule has 0 saturated heterocycles. The fraction of sp³-hybridized carbons (Fsp3) is 0.172. The van der Waals surface area contributed by atoms with E-state index in [2.05, 4.69) is 20.9 Å². The number of thiazole rings is 1. The Bertz CT molecular complexity index is 1520. The molecule has 3 aromatic carbocycles. The first kappa shape index (κ1) is 29.1. The Morgan fingerprint density at radius 1 is 0.925 bits per heavy atom. The lowest BCUT2D eigenvalue weighted by Gasteiger charge is -2.13. The van der Waals surface area contributed by atoms with Gasteiger partial charge in [0.2, 0.25) is 5.91 Å². The molecular weight excluding hydrogens is 565 g/mol. The van der Waals surface area contributed by atoms with Crippen molar-refractivity contribution in [2.75, 3.05) is 30.2 Å². The van der Waals surface area contributed by atoms with Crippen LogP contribution in [0.3, 0.4) is 0 Å². The van der Waals surface area contributed by atoms with Crippen molar-refractivity contribution in [1.82, 2.24) is 4.98 Å². The van der Waals surface area contributed by atoms with Gasteiger partial charge in [-0.15, -0.1) is 23.1 Å². The van der Waals surface area contributed by atoms with Gasteiger partial charge in [-0.25, -0.2) is 4.98 Å². The molecule has 4 rings (SSSR count). The summed E-state index contributed by atoms with van der Waals surface area (Å²) >= 11 is 8.22. The molecule has 0 saturated carbocycles. The van der Waals surface area contributed by atoms with Crippen molar-refractivity contribution >= 4 is 68.6 Å². The van der Waals surface area contributed by atoms with E-state index in [0.29, 0.717) is 27.3 Å². The molecule has 206 valence electrons. The number of carbonyl (C=O) groups excluding carboxylic acids is 2. The van der Waals surface area contributed by atoms with Gasteiger partial charge in [0.15, 0.2) is 27.5 Å². The van der Waals surface area contributed by atoms with E-state index in [1.165, 1.54) is 30.0 Å². The van der Waals surface area contributed by atoms with Crippen molar-refractivity contribution in [3.63, 3.8) is 0 Å². The molecule has 11 heteroatoms. The summed E-state index contributed by atoms with van der Waals surface area (Å²) in [7, 11) is 3.17. The van der Waals surface area contributed by atoms with Crippen LogP contribution in [0.5, 0.6) is 11.5 Å². The second kappa shape index (κ2) is 13.4. The minimum atomic E-state index is -0.367. The summed E-state index contributed by atoms with van der Waals surface area (Å²) in [4.78, 5) is 29.8. The summed E-state index contributed by atoms with van der Waals surface area (Å²) in [6, 6.07) is 20.3. The molecule has 1 unspecified atom stereocenters. The molecule has 1 atom stereocenters. The van der Waals surface area contributed by atoms with Gasteiger partial charge in [-0.2, -0.15) is 0 Å². The molecule has 8 nitrogen and oxygen atoms in total. The topological polar surface area (TPSA) is 102 Å². The molecule has 1 aromatic heterocycles. The zero-order valence-corrected chi connectivity index (χ0v) is 24.8. The largest absolute Gasteiger partial charge is 0.493 e. The minimum absolute atomic E-state index is 0.00971. The molecule has 0 aliphatic heterocycles. The number of amides is 1. The maximum Gasteiger partial charge on any atom is 0.239 e. The number of nitrogens with one attached hydrogen (secondary N) is 3. The molecule has 0 aliphatic carbocycles. The van der Waals surface area contributed by atoms with E-state index in [1.807, 2.05) is 54.8 Å². The van der Waals surface area contributed by atoms with Crippen molar-refractivity contribution in [3.05, 3.63) is 77.7 Å². The van der Waals surface area contributed by atoms with Gasteiger partial charge >= 0.3 is 0 Å². The van der Waals surface area contributed by atoms with Crippen LogP contribution in [0.2, 0.25) is 0 Å². The van der Waals surface area contributed by atoms with Crippen LogP contribution in [0.15, 0.2) is 77.0 Å². The van der Waals surface area contributed by atoms with Gasteiger partial charge in [-0.05, 0) is 86.7 Å². The number of hydrogen-bond donors (Lipinski definition) is 3. The normalized spacial score (nSPS) is 11.3. The van der Waals surface area contributed by atoms with E-state index < -0.39 is 0 Å². The number of methoxy groups -OCH3 is 2. The third-order valence-corrected chi connectivity index (χ3v) is 7.79. The molecule has 0 spiro atoms. The zero-order valence-electron chi connectivity index (χ0n) is 22.3. The van der Waals surface area contributed by atoms with Gasteiger partial charge in [0.25, 0.3) is 0 Å². The standard InChI is InChI=1S/C29H28N4O4S3/c1-17(34)19-8-11-21(12-9-19)30-28(38)31-22-6-5-7-23(15-22)40-18(2)27(35)33-29-32-24(16-39-29)20-10-13-25(36-3)26(14-20)37-4/h5-16,18H,1-4H3,(H2,30,31,38)(H,32,33,35). The predicted molar refractivity (Wildman–Crippen MR) is 167 cm³/mol. The first-order chi connectivity index (χ1) is 19.2. The van der Waals surface area contributed by atoms with E-state index in [0.717, 1.165) is 27.5 Å². The summed E-state index contributed by atoms with van der Waals surface area (Å²) < 4.78 is 10.7. The number of aromatic nitrogens is 1. The number of anilines is 3. The summed E-state index contributed by atoms with van der Waals surface area (Å²) in [5.74, 6) is 1.11.